The van der Waals surface area contributed by atoms with E-state index >= 15 is 0 Å². The van der Waals surface area contributed by atoms with Gasteiger partial charge in [-0.05, 0) is 19.8 Å². The summed E-state index contributed by atoms with van der Waals surface area (Å²) in [6, 6.07) is -0.00802. The maximum atomic E-state index is 12.3. The molecule has 1 heterocycles. The highest BCUT2D eigenvalue weighted by Gasteiger charge is 2.33. The lowest BCUT2D eigenvalue weighted by Gasteiger charge is -2.35. The van der Waals surface area contributed by atoms with Gasteiger partial charge in [-0.15, -0.1) is 0 Å². The van der Waals surface area contributed by atoms with Gasteiger partial charge in [-0.25, -0.2) is 0 Å². The minimum Gasteiger partial charge on any atom is -0.481 e. The highest BCUT2D eigenvalue weighted by atomic mass is 32.2. The first-order chi connectivity index (χ1) is 8.26. The summed E-state index contributed by atoms with van der Waals surface area (Å²) in [5, 5.41) is 8.82. The second kappa shape index (κ2) is 5.99. The molecule has 0 radical (unpaired) electrons. The van der Waals surface area contributed by atoms with Crippen molar-refractivity contribution in [2.45, 2.75) is 39.2 Å². The van der Waals surface area contributed by atoms with Crippen molar-refractivity contribution in [3.05, 3.63) is 0 Å². The smallest absolute Gasteiger partial charge is 0.307 e. The van der Waals surface area contributed by atoms with Crippen LogP contribution in [0.2, 0.25) is 0 Å². The molecule has 0 bridgehead atoms. The zero-order valence-corrected chi connectivity index (χ0v) is 12.0. The van der Waals surface area contributed by atoms with Gasteiger partial charge >= 0.3 is 5.97 Å². The molecular formula is C11H22N2O4S. The molecule has 1 rings (SSSR count). The maximum absolute atomic E-state index is 12.3. The second-order valence-corrected chi connectivity index (χ2v) is 6.97. The van der Waals surface area contributed by atoms with Gasteiger partial charge in [0.05, 0.1) is 5.92 Å². The number of carbonyl (C=O) groups is 1. The lowest BCUT2D eigenvalue weighted by Crippen LogP contribution is -2.49. The third kappa shape index (κ3) is 3.43. The molecule has 0 aromatic rings. The number of hydrogen-bond donors (Lipinski definition) is 1. The Labute approximate surface area is 109 Å². The van der Waals surface area contributed by atoms with E-state index in [1.54, 1.807) is 0 Å². The Kier molecular flexibility index (Phi) is 5.12. The van der Waals surface area contributed by atoms with Crippen LogP contribution >= 0.6 is 0 Å². The fourth-order valence-corrected chi connectivity index (χ4v) is 3.84. The molecule has 2 unspecified atom stereocenters. The minimum atomic E-state index is -3.54. The summed E-state index contributed by atoms with van der Waals surface area (Å²) >= 11 is 0. The zero-order chi connectivity index (χ0) is 13.9. The largest absolute Gasteiger partial charge is 0.481 e. The van der Waals surface area contributed by atoms with Crippen molar-refractivity contribution in [1.82, 2.24) is 8.61 Å². The third-order valence-corrected chi connectivity index (χ3v) is 5.46. The molecule has 0 aromatic heterocycles. The summed E-state index contributed by atoms with van der Waals surface area (Å²) in [4.78, 5) is 10.8. The first-order valence-corrected chi connectivity index (χ1v) is 7.62. The molecule has 1 aliphatic heterocycles. The van der Waals surface area contributed by atoms with Crippen molar-refractivity contribution >= 4 is 16.2 Å². The van der Waals surface area contributed by atoms with E-state index in [0.717, 1.165) is 23.6 Å². The number of piperidine rings is 1. The first kappa shape index (κ1) is 15.4. The Hall–Kier alpha value is -0.660. The van der Waals surface area contributed by atoms with Gasteiger partial charge in [0.1, 0.15) is 0 Å². The number of nitrogens with zero attached hydrogens (tertiary/aromatic N) is 2. The summed E-state index contributed by atoms with van der Waals surface area (Å²) in [7, 11) is -2.10. The van der Waals surface area contributed by atoms with Crippen LogP contribution in [0.4, 0.5) is 0 Å². The summed E-state index contributed by atoms with van der Waals surface area (Å²) < 4.78 is 27.2. The van der Waals surface area contributed by atoms with Crippen molar-refractivity contribution in [3.63, 3.8) is 0 Å². The number of carboxylic acid groups (broad SMARTS) is 1. The van der Waals surface area contributed by atoms with Gasteiger partial charge < -0.3 is 5.11 Å². The van der Waals surface area contributed by atoms with E-state index < -0.39 is 22.1 Å². The molecule has 6 nitrogen and oxygen atoms in total. The number of rotatable bonds is 5. The van der Waals surface area contributed by atoms with E-state index in [0.29, 0.717) is 6.54 Å². The van der Waals surface area contributed by atoms with Gasteiger partial charge in [-0.2, -0.15) is 17.0 Å². The van der Waals surface area contributed by atoms with Crippen molar-refractivity contribution in [1.29, 1.82) is 0 Å². The van der Waals surface area contributed by atoms with Crippen molar-refractivity contribution in [2.75, 3.05) is 20.1 Å². The average molecular weight is 278 g/mol. The van der Waals surface area contributed by atoms with Gasteiger partial charge in [0.2, 0.25) is 0 Å². The summed E-state index contributed by atoms with van der Waals surface area (Å²) in [6.45, 7) is 3.93. The van der Waals surface area contributed by atoms with Crippen LogP contribution in [0.25, 0.3) is 0 Å². The number of carboxylic acids is 1. The van der Waals surface area contributed by atoms with Gasteiger partial charge in [-0.1, -0.05) is 13.3 Å². The lowest BCUT2D eigenvalue weighted by atomic mass is 10.1. The van der Waals surface area contributed by atoms with E-state index in [1.807, 2.05) is 6.92 Å². The average Bonchev–Trinajstić information content (AvgIpc) is 2.28. The van der Waals surface area contributed by atoms with Crippen LogP contribution in [0, 0.1) is 5.92 Å². The molecule has 1 aliphatic rings. The predicted octanol–water partition coefficient (Wildman–Crippen LogP) is 0.758. The number of aliphatic carboxylic acids is 1. The topological polar surface area (TPSA) is 77.9 Å². The molecule has 106 valence electrons. The molecular weight excluding hydrogens is 256 g/mol. The van der Waals surface area contributed by atoms with Gasteiger partial charge in [0.15, 0.2) is 0 Å². The first-order valence-electron chi connectivity index (χ1n) is 6.22. The van der Waals surface area contributed by atoms with E-state index in [2.05, 4.69) is 0 Å². The van der Waals surface area contributed by atoms with Gasteiger partial charge in [0, 0.05) is 26.2 Å². The van der Waals surface area contributed by atoms with Crippen molar-refractivity contribution in [2.24, 2.45) is 5.92 Å². The molecule has 0 aromatic carbocycles. The maximum Gasteiger partial charge on any atom is 0.307 e. The fourth-order valence-electron chi connectivity index (χ4n) is 2.15. The summed E-state index contributed by atoms with van der Waals surface area (Å²) in [6.07, 6.45) is 2.77. The molecule has 1 fully saturated rings. The Morgan fingerprint density at radius 1 is 1.50 bits per heavy atom. The van der Waals surface area contributed by atoms with Crippen LogP contribution in [-0.2, 0) is 15.0 Å². The molecule has 0 spiro atoms. The van der Waals surface area contributed by atoms with Gasteiger partial charge in [-0.3, -0.25) is 4.79 Å². The van der Waals surface area contributed by atoms with Crippen LogP contribution < -0.4 is 0 Å². The van der Waals surface area contributed by atoms with Crippen molar-refractivity contribution in [3.8, 4) is 0 Å². The molecule has 1 saturated heterocycles. The molecule has 18 heavy (non-hydrogen) atoms. The fraction of sp³-hybridized carbons (Fsp3) is 0.909. The lowest BCUT2D eigenvalue weighted by molar-refractivity contribution is -0.141. The third-order valence-electron chi connectivity index (χ3n) is 3.38. The van der Waals surface area contributed by atoms with Crippen LogP contribution in [0.15, 0.2) is 0 Å². The van der Waals surface area contributed by atoms with E-state index in [4.69, 9.17) is 5.11 Å². The Morgan fingerprint density at radius 3 is 2.61 bits per heavy atom. The molecule has 0 aliphatic carbocycles. The standard InChI is InChI=1S/C11H22N2O4S/c1-9(11(14)15)8-12(3)18(16,17)13-7-5-4-6-10(13)2/h9-10H,4-8H2,1-3H3,(H,14,15). The minimum absolute atomic E-state index is 0.000880. The van der Waals surface area contributed by atoms with E-state index in [9.17, 15) is 13.2 Å². The van der Waals surface area contributed by atoms with Crippen LogP contribution in [0.1, 0.15) is 33.1 Å². The van der Waals surface area contributed by atoms with Crippen LogP contribution in [-0.4, -0.2) is 54.3 Å². The predicted molar refractivity (Wildman–Crippen MR) is 68.4 cm³/mol. The van der Waals surface area contributed by atoms with Crippen molar-refractivity contribution < 1.29 is 18.3 Å². The van der Waals surface area contributed by atoms with Crippen LogP contribution in [0.5, 0.6) is 0 Å². The Balaban J connectivity index is 2.75. The number of hydrogen-bond acceptors (Lipinski definition) is 3. The highest BCUT2D eigenvalue weighted by molar-refractivity contribution is 7.86. The molecule has 0 saturated carbocycles. The summed E-state index contributed by atoms with van der Waals surface area (Å²) in [5.41, 5.74) is 0. The Bertz CT molecular complexity index is 396. The molecule has 1 N–H and O–H groups in total. The molecule has 0 amide bonds. The quantitative estimate of drug-likeness (QED) is 0.805. The molecule has 2 atom stereocenters. The highest BCUT2D eigenvalue weighted by Crippen LogP contribution is 2.22. The SMILES string of the molecule is CC(CN(C)S(=O)(=O)N1CCCCC1C)C(=O)O. The van der Waals surface area contributed by atoms with Gasteiger partial charge in [0.25, 0.3) is 10.2 Å². The van der Waals surface area contributed by atoms with E-state index in [-0.39, 0.29) is 12.6 Å². The Morgan fingerprint density at radius 2 is 2.11 bits per heavy atom. The summed E-state index contributed by atoms with van der Waals surface area (Å²) in [5.74, 6) is -1.69. The monoisotopic (exact) mass is 278 g/mol. The second-order valence-electron chi connectivity index (χ2n) is 4.98. The molecule has 7 heteroatoms. The normalized spacial score (nSPS) is 24.1. The van der Waals surface area contributed by atoms with Crippen LogP contribution in [0.3, 0.4) is 0 Å². The zero-order valence-electron chi connectivity index (χ0n) is 11.2. The van der Waals surface area contributed by atoms with E-state index in [1.165, 1.54) is 18.3 Å².